The van der Waals surface area contributed by atoms with Gasteiger partial charge in [0.05, 0.1) is 0 Å². The van der Waals surface area contributed by atoms with Crippen molar-refractivity contribution in [1.29, 1.82) is 0 Å². The number of hydrogen-bond donors (Lipinski definition) is 1. The molecule has 2 aliphatic carbocycles. The lowest BCUT2D eigenvalue weighted by Crippen LogP contribution is -2.35. The van der Waals surface area contributed by atoms with E-state index in [9.17, 15) is 9.59 Å². The van der Waals surface area contributed by atoms with Gasteiger partial charge in [0.15, 0.2) is 11.8 Å². The highest BCUT2D eigenvalue weighted by molar-refractivity contribution is 5.86. The summed E-state index contributed by atoms with van der Waals surface area (Å²) >= 11 is 0. The van der Waals surface area contributed by atoms with Crippen LogP contribution in [0.15, 0.2) is 35.5 Å². The number of cyclic esters (lactones) is 1. The van der Waals surface area contributed by atoms with Crippen LogP contribution in [0.5, 0.6) is 0 Å². The van der Waals surface area contributed by atoms with Gasteiger partial charge in [-0.2, -0.15) is 5.06 Å². The van der Waals surface area contributed by atoms with Gasteiger partial charge in [0.1, 0.15) is 6.61 Å². The summed E-state index contributed by atoms with van der Waals surface area (Å²) in [6, 6.07) is -0.813. The van der Waals surface area contributed by atoms with E-state index in [1.807, 2.05) is 0 Å². The average molecular weight is 235 g/mol. The molecule has 17 heavy (non-hydrogen) atoms. The number of ether oxygens (including phenoxy) is 1. The number of hydroxylamine groups is 2. The van der Waals surface area contributed by atoms with Crippen LogP contribution in [-0.2, 0) is 9.53 Å². The standard InChI is InChI=1S/C7H6.C5H7NO4/c1-2-7-4-3-6(1)5-7;1-3(7)4-2-10-5(8)6(4)9/h1-4H,5H2;4,9H,2H2,1H3. The summed E-state index contributed by atoms with van der Waals surface area (Å²) in [5, 5.41) is 9.07. The van der Waals surface area contributed by atoms with Gasteiger partial charge in [0.25, 0.3) is 0 Å². The molecule has 1 heterocycles. The molecule has 3 rings (SSSR count). The zero-order valence-electron chi connectivity index (χ0n) is 9.42. The fourth-order valence-corrected chi connectivity index (χ4v) is 1.71. The van der Waals surface area contributed by atoms with Crippen LogP contribution in [-0.4, -0.2) is 34.8 Å². The summed E-state index contributed by atoms with van der Waals surface area (Å²) in [7, 11) is 0. The van der Waals surface area contributed by atoms with Crippen LogP contribution in [0.1, 0.15) is 13.3 Å². The van der Waals surface area contributed by atoms with Crippen molar-refractivity contribution < 1.29 is 19.5 Å². The van der Waals surface area contributed by atoms with Crippen molar-refractivity contribution in [3.63, 3.8) is 0 Å². The molecule has 2 bridgehead atoms. The first-order valence-corrected chi connectivity index (χ1v) is 5.31. The monoisotopic (exact) mass is 235 g/mol. The predicted molar refractivity (Wildman–Crippen MR) is 59.4 cm³/mol. The second-order valence-electron chi connectivity index (χ2n) is 4.04. The fraction of sp³-hybridized carbons (Fsp3) is 0.333. The van der Waals surface area contributed by atoms with Crippen LogP contribution < -0.4 is 0 Å². The molecule has 1 fully saturated rings. The first-order valence-electron chi connectivity index (χ1n) is 5.31. The molecule has 1 saturated heterocycles. The van der Waals surface area contributed by atoms with Crippen LogP contribution in [0, 0.1) is 0 Å². The number of Topliss-reactive ketones (excluding diaryl/α,β-unsaturated/α-hetero) is 1. The van der Waals surface area contributed by atoms with Crippen molar-refractivity contribution >= 4 is 11.9 Å². The molecule has 0 aromatic heterocycles. The van der Waals surface area contributed by atoms with Gasteiger partial charge in [-0.25, -0.2) is 4.79 Å². The zero-order chi connectivity index (χ0) is 12.4. The topological polar surface area (TPSA) is 66.8 Å². The third-order valence-corrected chi connectivity index (χ3v) is 2.75. The SMILES string of the molecule is C1=CC2=CC=C1C2.CC(=O)C1COC(=O)N1O. The van der Waals surface area contributed by atoms with E-state index in [2.05, 4.69) is 29.0 Å². The van der Waals surface area contributed by atoms with E-state index in [-0.39, 0.29) is 12.4 Å². The van der Waals surface area contributed by atoms with Gasteiger partial charge in [-0.1, -0.05) is 24.3 Å². The lowest BCUT2D eigenvalue weighted by molar-refractivity contribution is -0.131. The van der Waals surface area contributed by atoms with Crippen LogP contribution in [0.4, 0.5) is 4.79 Å². The Balaban J connectivity index is 0.000000134. The first-order chi connectivity index (χ1) is 8.08. The smallest absolute Gasteiger partial charge is 0.434 e. The number of fused-ring (bicyclic) bond motifs is 2. The highest BCUT2D eigenvalue weighted by Gasteiger charge is 2.34. The highest BCUT2D eigenvalue weighted by Crippen LogP contribution is 2.27. The van der Waals surface area contributed by atoms with Gasteiger partial charge in [0, 0.05) is 0 Å². The molecule has 1 N–H and O–H groups in total. The highest BCUT2D eigenvalue weighted by atomic mass is 16.7. The van der Waals surface area contributed by atoms with Crippen molar-refractivity contribution in [2.45, 2.75) is 19.4 Å². The van der Waals surface area contributed by atoms with Crippen LogP contribution in [0.2, 0.25) is 0 Å². The Kier molecular flexibility index (Phi) is 3.10. The summed E-state index contributed by atoms with van der Waals surface area (Å²) in [5.41, 5.74) is 2.94. The number of rotatable bonds is 1. The molecular formula is C12H13NO4. The Bertz CT molecular complexity index is 427. The number of nitrogens with zero attached hydrogens (tertiary/aromatic N) is 1. The molecule has 5 heteroatoms. The summed E-state index contributed by atoms with van der Waals surface area (Å²) in [4.78, 5) is 21.0. The zero-order valence-corrected chi connectivity index (χ0v) is 9.42. The molecule has 0 aromatic rings. The third-order valence-electron chi connectivity index (χ3n) is 2.75. The average Bonchev–Trinajstić information content (AvgIpc) is 2.98. The maximum absolute atomic E-state index is 10.6. The normalized spacial score (nSPS) is 24.0. The van der Waals surface area contributed by atoms with Crippen LogP contribution in [0.25, 0.3) is 0 Å². The van der Waals surface area contributed by atoms with E-state index in [0.717, 1.165) is 0 Å². The lowest BCUT2D eigenvalue weighted by atomic mass is 10.2. The molecule has 0 aromatic carbocycles. The summed E-state index contributed by atoms with van der Waals surface area (Å²) in [6.45, 7) is 1.24. The summed E-state index contributed by atoms with van der Waals surface area (Å²) in [6.07, 6.45) is 9.04. The number of amides is 1. The molecule has 5 nitrogen and oxygen atoms in total. The van der Waals surface area contributed by atoms with Gasteiger partial charge < -0.3 is 4.74 Å². The predicted octanol–water partition coefficient (Wildman–Crippen LogP) is 1.60. The molecule has 3 aliphatic rings. The molecular weight excluding hydrogens is 222 g/mol. The molecule has 1 aliphatic heterocycles. The summed E-state index contributed by atoms with van der Waals surface area (Å²) in [5.74, 6) is -0.284. The number of carbonyl (C=O) groups excluding carboxylic acids is 2. The maximum atomic E-state index is 10.6. The quantitative estimate of drug-likeness (QED) is 0.701. The number of allylic oxidation sites excluding steroid dienone is 6. The van der Waals surface area contributed by atoms with E-state index >= 15 is 0 Å². The van der Waals surface area contributed by atoms with Crippen molar-refractivity contribution in [3.05, 3.63) is 35.5 Å². The Labute approximate surface area is 98.6 Å². The molecule has 1 amide bonds. The van der Waals surface area contributed by atoms with Crippen molar-refractivity contribution in [3.8, 4) is 0 Å². The summed E-state index contributed by atoms with van der Waals surface area (Å²) < 4.78 is 4.36. The Morgan fingerprint density at radius 3 is 2.18 bits per heavy atom. The van der Waals surface area contributed by atoms with Crippen molar-refractivity contribution in [2.24, 2.45) is 0 Å². The largest absolute Gasteiger partial charge is 0.445 e. The second-order valence-corrected chi connectivity index (χ2v) is 4.04. The molecule has 0 spiro atoms. The van der Waals surface area contributed by atoms with E-state index in [1.165, 1.54) is 24.5 Å². The molecule has 0 saturated carbocycles. The van der Waals surface area contributed by atoms with Gasteiger partial charge in [-0.3, -0.25) is 10.0 Å². The maximum Gasteiger partial charge on any atom is 0.434 e. The minimum Gasteiger partial charge on any atom is -0.445 e. The molecule has 1 unspecified atom stereocenters. The van der Waals surface area contributed by atoms with Gasteiger partial charge >= 0.3 is 6.09 Å². The van der Waals surface area contributed by atoms with Crippen molar-refractivity contribution in [2.75, 3.05) is 6.61 Å². The van der Waals surface area contributed by atoms with Gasteiger partial charge in [-0.05, 0) is 24.5 Å². The number of ketones is 1. The first kappa shape index (κ1) is 11.6. The van der Waals surface area contributed by atoms with Gasteiger partial charge in [-0.15, -0.1) is 0 Å². The Morgan fingerprint density at radius 2 is 2.00 bits per heavy atom. The number of hydrogen-bond acceptors (Lipinski definition) is 4. The molecule has 0 radical (unpaired) electrons. The van der Waals surface area contributed by atoms with Crippen molar-refractivity contribution in [1.82, 2.24) is 5.06 Å². The van der Waals surface area contributed by atoms with E-state index in [4.69, 9.17) is 5.21 Å². The molecule has 1 atom stereocenters. The Hall–Kier alpha value is -1.88. The second kappa shape index (κ2) is 4.55. The Morgan fingerprint density at radius 1 is 1.41 bits per heavy atom. The fourth-order valence-electron chi connectivity index (χ4n) is 1.71. The third kappa shape index (κ3) is 2.45. The lowest BCUT2D eigenvalue weighted by Gasteiger charge is -2.08. The van der Waals surface area contributed by atoms with E-state index < -0.39 is 12.1 Å². The van der Waals surface area contributed by atoms with E-state index in [0.29, 0.717) is 5.06 Å². The number of carbonyl (C=O) groups is 2. The minimum atomic E-state index is -0.861. The van der Waals surface area contributed by atoms with Gasteiger partial charge in [0.2, 0.25) is 0 Å². The van der Waals surface area contributed by atoms with Crippen LogP contribution >= 0.6 is 0 Å². The van der Waals surface area contributed by atoms with Crippen LogP contribution in [0.3, 0.4) is 0 Å². The minimum absolute atomic E-state index is 0.0509. The van der Waals surface area contributed by atoms with E-state index in [1.54, 1.807) is 0 Å². The molecule has 90 valence electrons.